The van der Waals surface area contributed by atoms with Gasteiger partial charge in [0.1, 0.15) is 5.76 Å². The van der Waals surface area contributed by atoms with E-state index in [1.165, 1.54) is 25.7 Å². The summed E-state index contributed by atoms with van der Waals surface area (Å²) >= 11 is 0. The van der Waals surface area contributed by atoms with Gasteiger partial charge in [0.25, 0.3) is 0 Å². The Kier molecular flexibility index (Phi) is 3.47. The Morgan fingerprint density at radius 3 is 2.67 bits per heavy atom. The second-order valence-electron chi connectivity index (χ2n) is 4.86. The maximum atomic E-state index is 5.40. The molecule has 1 fully saturated rings. The largest absolute Gasteiger partial charge is 0.468 e. The minimum absolute atomic E-state index is 0.346. The summed E-state index contributed by atoms with van der Waals surface area (Å²) in [6.45, 7) is 4.53. The van der Waals surface area contributed by atoms with Crippen LogP contribution in [-0.4, -0.2) is 6.04 Å². The molecule has 0 bridgehead atoms. The lowest BCUT2D eigenvalue weighted by atomic mass is 9.87. The summed E-state index contributed by atoms with van der Waals surface area (Å²) in [5.74, 6) is 1.97. The molecule has 1 aliphatic rings. The van der Waals surface area contributed by atoms with Gasteiger partial charge < -0.3 is 9.73 Å². The van der Waals surface area contributed by atoms with Gasteiger partial charge in [-0.2, -0.15) is 0 Å². The monoisotopic (exact) mass is 207 g/mol. The molecule has 2 heteroatoms. The zero-order valence-corrected chi connectivity index (χ0v) is 9.70. The van der Waals surface area contributed by atoms with Crippen LogP contribution < -0.4 is 5.32 Å². The van der Waals surface area contributed by atoms with Crippen molar-refractivity contribution in [2.75, 3.05) is 0 Å². The van der Waals surface area contributed by atoms with Crippen LogP contribution in [0.2, 0.25) is 0 Å². The third-order valence-electron chi connectivity index (χ3n) is 3.47. The fraction of sp³-hybridized carbons (Fsp3) is 0.692. The number of hydrogen-bond acceptors (Lipinski definition) is 2. The van der Waals surface area contributed by atoms with Crippen LogP contribution in [0.3, 0.4) is 0 Å². The average molecular weight is 207 g/mol. The zero-order valence-electron chi connectivity index (χ0n) is 9.70. The van der Waals surface area contributed by atoms with E-state index in [2.05, 4.69) is 19.2 Å². The fourth-order valence-electron chi connectivity index (χ4n) is 2.40. The molecule has 1 unspecified atom stereocenters. The summed E-state index contributed by atoms with van der Waals surface area (Å²) in [4.78, 5) is 0. The van der Waals surface area contributed by atoms with Gasteiger partial charge in [-0.1, -0.05) is 6.92 Å². The van der Waals surface area contributed by atoms with Crippen molar-refractivity contribution in [3.05, 3.63) is 24.2 Å². The van der Waals surface area contributed by atoms with Crippen molar-refractivity contribution >= 4 is 0 Å². The van der Waals surface area contributed by atoms with Crippen LogP contribution in [0.1, 0.15) is 51.3 Å². The summed E-state index contributed by atoms with van der Waals surface area (Å²) in [5.41, 5.74) is 0. The first-order valence-electron chi connectivity index (χ1n) is 6.05. The summed E-state index contributed by atoms with van der Waals surface area (Å²) in [7, 11) is 0. The van der Waals surface area contributed by atoms with Crippen LogP contribution in [0.15, 0.2) is 22.8 Å². The number of rotatable bonds is 3. The lowest BCUT2D eigenvalue weighted by Gasteiger charge is -2.29. The highest BCUT2D eigenvalue weighted by atomic mass is 16.3. The van der Waals surface area contributed by atoms with Crippen molar-refractivity contribution in [3.8, 4) is 0 Å². The van der Waals surface area contributed by atoms with E-state index in [0.717, 1.165) is 11.7 Å². The van der Waals surface area contributed by atoms with E-state index in [4.69, 9.17) is 4.42 Å². The Labute approximate surface area is 92.1 Å². The highest BCUT2D eigenvalue weighted by Crippen LogP contribution is 2.25. The smallest absolute Gasteiger partial charge is 0.120 e. The van der Waals surface area contributed by atoms with E-state index in [-0.39, 0.29) is 0 Å². The van der Waals surface area contributed by atoms with Crippen molar-refractivity contribution in [2.45, 2.75) is 51.6 Å². The molecule has 0 amide bonds. The number of nitrogens with one attached hydrogen (secondary N) is 1. The van der Waals surface area contributed by atoms with Gasteiger partial charge in [0.2, 0.25) is 0 Å². The zero-order chi connectivity index (χ0) is 10.7. The van der Waals surface area contributed by atoms with Crippen LogP contribution in [-0.2, 0) is 0 Å². The maximum Gasteiger partial charge on any atom is 0.120 e. The Balaban J connectivity index is 1.82. The van der Waals surface area contributed by atoms with Crippen LogP contribution >= 0.6 is 0 Å². The molecule has 15 heavy (non-hydrogen) atoms. The van der Waals surface area contributed by atoms with Crippen molar-refractivity contribution in [2.24, 2.45) is 5.92 Å². The van der Waals surface area contributed by atoms with E-state index in [0.29, 0.717) is 12.1 Å². The van der Waals surface area contributed by atoms with Gasteiger partial charge in [0.15, 0.2) is 0 Å². The fourth-order valence-corrected chi connectivity index (χ4v) is 2.40. The average Bonchev–Trinajstić information content (AvgIpc) is 2.74. The lowest BCUT2D eigenvalue weighted by molar-refractivity contribution is 0.280. The Hall–Kier alpha value is -0.760. The second kappa shape index (κ2) is 4.84. The predicted molar refractivity (Wildman–Crippen MR) is 61.7 cm³/mol. The Morgan fingerprint density at radius 2 is 2.07 bits per heavy atom. The molecule has 1 saturated carbocycles. The topological polar surface area (TPSA) is 25.2 Å². The van der Waals surface area contributed by atoms with Crippen molar-refractivity contribution in [1.82, 2.24) is 5.32 Å². The van der Waals surface area contributed by atoms with E-state index in [1.54, 1.807) is 6.26 Å². The third kappa shape index (κ3) is 2.85. The van der Waals surface area contributed by atoms with Crippen LogP contribution in [0.4, 0.5) is 0 Å². The molecule has 1 aromatic rings. The van der Waals surface area contributed by atoms with E-state index in [9.17, 15) is 0 Å². The molecule has 1 aromatic heterocycles. The maximum absolute atomic E-state index is 5.40. The normalized spacial score (nSPS) is 28.9. The molecule has 0 spiro atoms. The molecule has 1 N–H and O–H groups in total. The van der Waals surface area contributed by atoms with Gasteiger partial charge in [-0.25, -0.2) is 0 Å². The summed E-state index contributed by atoms with van der Waals surface area (Å²) < 4.78 is 5.40. The van der Waals surface area contributed by atoms with Gasteiger partial charge in [0.05, 0.1) is 12.3 Å². The minimum atomic E-state index is 0.346. The van der Waals surface area contributed by atoms with Gasteiger partial charge >= 0.3 is 0 Å². The SMILES string of the molecule is CC1CCC(NC(C)c2ccco2)CC1. The molecule has 1 atom stereocenters. The molecule has 1 heterocycles. The summed E-state index contributed by atoms with van der Waals surface area (Å²) in [5, 5.41) is 3.65. The second-order valence-corrected chi connectivity index (χ2v) is 4.86. The van der Waals surface area contributed by atoms with Gasteiger partial charge in [-0.3, -0.25) is 0 Å². The molecule has 0 aromatic carbocycles. The van der Waals surface area contributed by atoms with Crippen LogP contribution in [0.25, 0.3) is 0 Å². The molecular weight excluding hydrogens is 186 g/mol. The molecule has 2 nitrogen and oxygen atoms in total. The van der Waals surface area contributed by atoms with Crippen molar-refractivity contribution in [1.29, 1.82) is 0 Å². The molecular formula is C13H21NO. The first-order valence-corrected chi connectivity index (χ1v) is 6.05. The third-order valence-corrected chi connectivity index (χ3v) is 3.47. The highest BCUT2D eigenvalue weighted by molar-refractivity contribution is 5.03. The predicted octanol–water partition coefficient (Wildman–Crippen LogP) is 3.51. The van der Waals surface area contributed by atoms with E-state index in [1.807, 2.05) is 12.1 Å². The van der Waals surface area contributed by atoms with Crippen LogP contribution in [0, 0.1) is 5.92 Å². The van der Waals surface area contributed by atoms with Gasteiger partial charge in [0, 0.05) is 6.04 Å². The standard InChI is InChI=1S/C13H21NO/c1-10-5-7-12(8-6-10)14-11(2)13-4-3-9-15-13/h3-4,9-12,14H,5-8H2,1-2H3. The Bertz CT molecular complexity index is 273. The molecule has 0 saturated heterocycles. The highest BCUT2D eigenvalue weighted by Gasteiger charge is 2.20. The van der Waals surface area contributed by atoms with Gasteiger partial charge in [-0.15, -0.1) is 0 Å². The minimum Gasteiger partial charge on any atom is -0.468 e. The lowest BCUT2D eigenvalue weighted by Crippen LogP contribution is -2.34. The molecule has 0 aliphatic heterocycles. The number of furan rings is 1. The quantitative estimate of drug-likeness (QED) is 0.820. The summed E-state index contributed by atoms with van der Waals surface area (Å²) in [6, 6.07) is 5.03. The first kappa shape index (κ1) is 10.7. The van der Waals surface area contributed by atoms with E-state index >= 15 is 0 Å². The van der Waals surface area contributed by atoms with Crippen molar-refractivity contribution in [3.63, 3.8) is 0 Å². The van der Waals surface area contributed by atoms with Crippen molar-refractivity contribution < 1.29 is 4.42 Å². The molecule has 1 aliphatic carbocycles. The summed E-state index contributed by atoms with van der Waals surface area (Å²) in [6.07, 6.45) is 7.10. The first-order chi connectivity index (χ1) is 7.25. The number of hydrogen-bond donors (Lipinski definition) is 1. The molecule has 0 radical (unpaired) electrons. The molecule has 84 valence electrons. The van der Waals surface area contributed by atoms with Crippen LogP contribution in [0.5, 0.6) is 0 Å². The van der Waals surface area contributed by atoms with E-state index < -0.39 is 0 Å². The van der Waals surface area contributed by atoms with Gasteiger partial charge in [-0.05, 0) is 50.7 Å². The molecule has 2 rings (SSSR count). The Morgan fingerprint density at radius 1 is 1.33 bits per heavy atom.